The lowest BCUT2D eigenvalue weighted by Crippen LogP contribution is -2.28. The highest BCUT2D eigenvalue weighted by molar-refractivity contribution is 5.94. The van der Waals surface area contributed by atoms with E-state index < -0.39 is 6.55 Å². The predicted molar refractivity (Wildman–Crippen MR) is 103 cm³/mol. The Morgan fingerprint density at radius 2 is 1.81 bits per heavy atom. The van der Waals surface area contributed by atoms with Gasteiger partial charge in [0.1, 0.15) is 5.82 Å². The first-order valence-corrected chi connectivity index (χ1v) is 8.69. The Bertz CT molecular complexity index is 935. The maximum Gasteiger partial charge on any atom is 0.320 e. The molecule has 0 saturated heterocycles. The number of halogens is 2. The van der Waals surface area contributed by atoms with Gasteiger partial charge in [0.25, 0.3) is 5.91 Å². The summed E-state index contributed by atoms with van der Waals surface area (Å²) in [5, 5.41) is 2.81. The molecular weight excluding hydrogens is 350 g/mol. The van der Waals surface area contributed by atoms with Crippen molar-refractivity contribution in [3.05, 3.63) is 59.9 Å². The summed E-state index contributed by atoms with van der Waals surface area (Å²) in [6, 6.07) is 14.0. The largest absolute Gasteiger partial charge is 0.378 e. The Morgan fingerprint density at radius 1 is 1.15 bits per heavy atom. The van der Waals surface area contributed by atoms with Gasteiger partial charge in [0.2, 0.25) is 0 Å². The van der Waals surface area contributed by atoms with Gasteiger partial charge >= 0.3 is 6.55 Å². The van der Waals surface area contributed by atoms with Crippen LogP contribution in [0.25, 0.3) is 11.0 Å². The van der Waals surface area contributed by atoms with Crippen molar-refractivity contribution in [3.8, 4) is 0 Å². The lowest BCUT2D eigenvalue weighted by Gasteiger charge is -2.15. The molecule has 3 aromatic rings. The molecule has 27 heavy (non-hydrogen) atoms. The monoisotopic (exact) mass is 372 g/mol. The summed E-state index contributed by atoms with van der Waals surface area (Å²) in [5.41, 5.74) is 2.42. The van der Waals surface area contributed by atoms with Crippen LogP contribution in [0.15, 0.2) is 48.5 Å². The van der Waals surface area contributed by atoms with E-state index in [9.17, 15) is 13.6 Å². The molecule has 0 spiro atoms. The van der Waals surface area contributed by atoms with Crippen LogP contribution in [0.1, 0.15) is 35.6 Å². The number of rotatable bonds is 6. The normalized spacial score (nSPS) is 12.4. The Kier molecular flexibility index (Phi) is 5.39. The molecule has 0 unspecified atom stereocenters. The highest BCUT2D eigenvalue weighted by Crippen LogP contribution is 2.27. The molecule has 2 aromatic carbocycles. The summed E-state index contributed by atoms with van der Waals surface area (Å²) < 4.78 is 28.0. The van der Waals surface area contributed by atoms with E-state index in [1.54, 1.807) is 43.3 Å². The maximum absolute atomic E-state index is 13.5. The minimum absolute atomic E-state index is 0.213. The van der Waals surface area contributed by atoms with Crippen LogP contribution in [0, 0.1) is 0 Å². The highest BCUT2D eigenvalue weighted by atomic mass is 19.3. The van der Waals surface area contributed by atoms with Gasteiger partial charge in [-0.15, -0.1) is 0 Å². The SMILES string of the molecule is C[C@H](CNC(=O)c1ccc(N(C)C)cc1)c1nc2ccccc2n1C(F)F. The molecule has 142 valence electrons. The third-order valence-corrected chi connectivity index (χ3v) is 4.47. The number of anilines is 1. The average molecular weight is 372 g/mol. The topological polar surface area (TPSA) is 50.2 Å². The van der Waals surface area contributed by atoms with Gasteiger partial charge in [-0.1, -0.05) is 19.1 Å². The number of amides is 1. The number of carbonyl (C=O) groups is 1. The third kappa shape index (κ3) is 3.92. The summed E-state index contributed by atoms with van der Waals surface area (Å²) in [6.07, 6.45) is 0. The zero-order valence-corrected chi connectivity index (χ0v) is 15.5. The molecule has 1 heterocycles. The van der Waals surface area contributed by atoms with E-state index in [1.807, 2.05) is 31.1 Å². The van der Waals surface area contributed by atoms with Gasteiger partial charge in [0, 0.05) is 37.8 Å². The van der Waals surface area contributed by atoms with Gasteiger partial charge in [0.05, 0.1) is 11.0 Å². The molecule has 1 amide bonds. The zero-order valence-electron chi connectivity index (χ0n) is 15.5. The molecule has 1 atom stereocenters. The summed E-state index contributed by atoms with van der Waals surface area (Å²) in [7, 11) is 3.84. The Labute approximate surface area is 156 Å². The van der Waals surface area contributed by atoms with Crippen molar-refractivity contribution in [1.82, 2.24) is 14.9 Å². The number of nitrogens with zero attached hydrogens (tertiary/aromatic N) is 3. The Morgan fingerprint density at radius 3 is 2.44 bits per heavy atom. The fraction of sp³-hybridized carbons (Fsp3) is 0.300. The van der Waals surface area contributed by atoms with E-state index in [4.69, 9.17) is 0 Å². The first-order chi connectivity index (χ1) is 12.9. The second-order valence-corrected chi connectivity index (χ2v) is 6.66. The molecule has 7 heteroatoms. The van der Waals surface area contributed by atoms with Crippen molar-refractivity contribution in [2.45, 2.75) is 19.4 Å². The van der Waals surface area contributed by atoms with Crippen LogP contribution in [-0.4, -0.2) is 36.1 Å². The molecule has 1 aromatic heterocycles. The van der Waals surface area contributed by atoms with Gasteiger partial charge in [-0.25, -0.2) is 4.98 Å². The second kappa shape index (κ2) is 7.73. The van der Waals surface area contributed by atoms with E-state index in [-0.39, 0.29) is 24.2 Å². The van der Waals surface area contributed by atoms with Crippen LogP contribution in [0.5, 0.6) is 0 Å². The minimum atomic E-state index is -2.69. The minimum Gasteiger partial charge on any atom is -0.378 e. The maximum atomic E-state index is 13.5. The number of aromatic nitrogens is 2. The molecular formula is C20H22F2N4O. The third-order valence-electron chi connectivity index (χ3n) is 4.47. The molecule has 0 aliphatic heterocycles. The fourth-order valence-corrected chi connectivity index (χ4v) is 2.97. The standard InChI is InChI=1S/C20H22F2N4O/c1-13(12-23-19(27)14-8-10-15(11-9-14)25(2)3)18-24-16-6-4-5-7-17(16)26(18)20(21)22/h4-11,13,20H,12H2,1-3H3,(H,23,27)/t13-/m1/s1. The quantitative estimate of drug-likeness (QED) is 0.711. The number of benzene rings is 2. The van der Waals surface area contributed by atoms with Crippen LogP contribution in [0.3, 0.4) is 0 Å². The van der Waals surface area contributed by atoms with Crippen LogP contribution < -0.4 is 10.2 Å². The van der Waals surface area contributed by atoms with Crippen molar-refractivity contribution < 1.29 is 13.6 Å². The van der Waals surface area contributed by atoms with Gasteiger partial charge in [-0.05, 0) is 36.4 Å². The number of imidazole rings is 1. The van der Waals surface area contributed by atoms with Crippen molar-refractivity contribution in [3.63, 3.8) is 0 Å². The number of carbonyl (C=O) groups excluding carboxylic acids is 1. The molecule has 0 bridgehead atoms. The number of hydrogen-bond donors (Lipinski definition) is 1. The highest BCUT2D eigenvalue weighted by Gasteiger charge is 2.22. The molecule has 0 radical (unpaired) electrons. The van der Waals surface area contributed by atoms with E-state index >= 15 is 0 Å². The Hall–Kier alpha value is -2.96. The summed E-state index contributed by atoms with van der Waals surface area (Å²) in [6.45, 7) is -0.705. The summed E-state index contributed by atoms with van der Waals surface area (Å²) in [5.74, 6) is -0.349. The smallest absolute Gasteiger partial charge is 0.320 e. The summed E-state index contributed by atoms with van der Waals surface area (Å²) >= 11 is 0. The van der Waals surface area contributed by atoms with Crippen LogP contribution in [0.2, 0.25) is 0 Å². The van der Waals surface area contributed by atoms with Gasteiger partial charge < -0.3 is 10.2 Å². The summed E-state index contributed by atoms with van der Waals surface area (Å²) in [4.78, 5) is 18.6. The molecule has 0 saturated carbocycles. The Balaban J connectivity index is 1.74. The number of para-hydroxylation sites is 2. The number of hydrogen-bond acceptors (Lipinski definition) is 3. The lowest BCUT2D eigenvalue weighted by atomic mass is 10.1. The van der Waals surface area contributed by atoms with E-state index in [0.29, 0.717) is 16.6 Å². The predicted octanol–water partition coefficient (Wildman–Crippen LogP) is 4.03. The van der Waals surface area contributed by atoms with Crippen molar-refractivity contribution in [2.75, 3.05) is 25.5 Å². The molecule has 5 nitrogen and oxygen atoms in total. The number of nitrogens with one attached hydrogen (secondary N) is 1. The van der Waals surface area contributed by atoms with Gasteiger partial charge in [0.15, 0.2) is 0 Å². The number of fused-ring (bicyclic) bond motifs is 1. The second-order valence-electron chi connectivity index (χ2n) is 6.66. The van der Waals surface area contributed by atoms with Crippen LogP contribution in [-0.2, 0) is 0 Å². The van der Waals surface area contributed by atoms with Crippen LogP contribution in [0.4, 0.5) is 14.5 Å². The molecule has 3 rings (SSSR count). The van der Waals surface area contributed by atoms with Crippen molar-refractivity contribution >= 4 is 22.6 Å². The van der Waals surface area contributed by atoms with Crippen molar-refractivity contribution in [2.24, 2.45) is 0 Å². The molecule has 0 fully saturated rings. The van der Waals surface area contributed by atoms with E-state index in [0.717, 1.165) is 10.3 Å². The fourth-order valence-electron chi connectivity index (χ4n) is 2.97. The molecule has 0 aliphatic carbocycles. The number of alkyl halides is 2. The first-order valence-electron chi connectivity index (χ1n) is 8.69. The molecule has 0 aliphatic rings. The van der Waals surface area contributed by atoms with Crippen LogP contribution >= 0.6 is 0 Å². The lowest BCUT2D eigenvalue weighted by molar-refractivity contribution is 0.0704. The first kappa shape index (κ1) is 18.8. The average Bonchev–Trinajstić information content (AvgIpc) is 3.05. The van der Waals surface area contributed by atoms with Crippen molar-refractivity contribution in [1.29, 1.82) is 0 Å². The molecule has 1 N–H and O–H groups in total. The van der Waals surface area contributed by atoms with E-state index in [2.05, 4.69) is 10.3 Å². The van der Waals surface area contributed by atoms with Gasteiger partial charge in [-0.2, -0.15) is 8.78 Å². The zero-order chi connectivity index (χ0) is 19.6. The van der Waals surface area contributed by atoms with Gasteiger partial charge in [-0.3, -0.25) is 9.36 Å². The van der Waals surface area contributed by atoms with E-state index in [1.165, 1.54) is 0 Å².